The maximum atomic E-state index is 11.6. The van der Waals surface area contributed by atoms with E-state index in [9.17, 15) is 4.79 Å². The number of methoxy groups -OCH3 is 2. The first-order chi connectivity index (χ1) is 10.2. The van der Waals surface area contributed by atoms with Crippen LogP contribution >= 0.6 is 11.3 Å². The van der Waals surface area contributed by atoms with Crippen molar-refractivity contribution in [2.24, 2.45) is 0 Å². The van der Waals surface area contributed by atoms with Crippen molar-refractivity contribution in [1.29, 1.82) is 0 Å². The van der Waals surface area contributed by atoms with Crippen LogP contribution in [0.25, 0.3) is 0 Å². The van der Waals surface area contributed by atoms with Gasteiger partial charge in [-0.1, -0.05) is 6.07 Å². The summed E-state index contributed by atoms with van der Waals surface area (Å²) in [5, 5.41) is 2.57. The predicted octanol–water partition coefficient (Wildman–Crippen LogP) is 2.93. The van der Waals surface area contributed by atoms with Gasteiger partial charge in [-0.15, -0.1) is 11.3 Å². The number of carbonyl (C=O) groups excluding carboxylic acids is 1. The second kappa shape index (κ2) is 7.08. The van der Waals surface area contributed by atoms with Gasteiger partial charge in [-0.3, -0.25) is 0 Å². The average molecular weight is 307 g/mol. The van der Waals surface area contributed by atoms with Gasteiger partial charge in [0.1, 0.15) is 0 Å². The summed E-state index contributed by atoms with van der Waals surface area (Å²) in [6.07, 6.45) is 0.629. The van der Waals surface area contributed by atoms with Crippen molar-refractivity contribution >= 4 is 17.3 Å². The molecule has 6 heteroatoms. The molecule has 0 saturated carbocycles. The maximum absolute atomic E-state index is 11.6. The third-order valence-electron chi connectivity index (χ3n) is 2.84. The van der Waals surface area contributed by atoms with Gasteiger partial charge < -0.3 is 14.2 Å². The summed E-state index contributed by atoms with van der Waals surface area (Å²) in [5.74, 6) is 0.983. The summed E-state index contributed by atoms with van der Waals surface area (Å²) in [5.41, 5.74) is 1.40. The van der Waals surface area contributed by atoms with E-state index < -0.39 is 0 Å². The molecule has 0 aliphatic heterocycles. The molecule has 2 rings (SSSR count). The number of rotatable bonds is 6. The Labute approximate surface area is 127 Å². The van der Waals surface area contributed by atoms with Crippen molar-refractivity contribution < 1.29 is 19.0 Å². The van der Waals surface area contributed by atoms with Crippen LogP contribution in [0.5, 0.6) is 11.5 Å². The molecule has 0 saturated heterocycles. The van der Waals surface area contributed by atoms with Crippen LogP contribution in [-0.4, -0.2) is 31.8 Å². The zero-order valence-corrected chi connectivity index (χ0v) is 13.0. The molecular formula is C15H17NO4S. The fourth-order valence-corrected chi connectivity index (χ4v) is 2.65. The number of esters is 1. The van der Waals surface area contributed by atoms with E-state index in [4.69, 9.17) is 14.2 Å². The highest BCUT2D eigenvalue weighted by Gasteiger charge is 2.12. The molecule has 1 heterocycles. The van der Waals surface area contributed by atoms with Crippen LogP contribution in [0.4, 0.5) is 0 Å². The summed E-state index contributed by atoms with van der Waals surface area (Å²) in [4.78, 5) is 15.9. The standard InChI is InChI=1S/C15H17NO4S/c1-4-20-15(17)11-9-21-14(16-11)8-10-5-6-12(18-2)13(7-10)19-3/h5-7,9H,4,8H2,1-3H3. The normalized spacial score (nSPS) is 10.2. The van der Waals surface area contributed by atoms with Gasteiger partial charge in [0.25, 0.3) is 0 Å². The smallest absolute Gasteiger partial charge is 0.357 e. The lowest BCUT2D eigenvalue weighted by atomic mass is 10.1. The molecule has 0 bridgehead atoms. The van der Waals surface area contributed by atoms with Gasteiger partial charge in [-0.05, 0) is 24.6 Å². The molecule has 0 spiro atoms. The van der Waals surface area contributed by atoms with E-state index in [0.717, 1.165) is 10.6 Å². The summed E-state index contributed by atoms with van der Waals surface area (Å²) >= 11 is 1.44. The summed E-state index contributed by atoms with van der Waals surface area (Å²) < 4.78 is 15.4. The van der Waals surface area contributed by atoms with Crippen LogP contribution in [0.1, 0.15) is 28.0 Å². The van der Waals surface area contributed by atoms with Crippen LogP contribution < -0.4 is 9.47 Å². The topological polar surface area (TPSA) is 57.7 Å². The number of thiazole rings is 1. The number of hydrogen-bond donors (Lipinski definition) is 0. The largest absolute Gasteiger partial charge is 0.493 e. The molecular weight excluding hydrogens is 290 g/mol. The molecule has 2 aromatic rings. The van der Waals surface area contributed by atoms with Crippen molar-refractivity contribution in [3.05, 3.63) is 39.8 Å². The Balaban J connectivity index is 2.13. The van der Waals surface area contributed by atoms with E-state index >= 15 is 0 Å². The average Bonchev–Trinajstić information content (AvgIpc) is 2.96. The van der Waals surface area contributed by atoms with Crippen LogP contribution in [0.3, 0.4) is 0 Å². The second-order valence-electron chi connectivity index (χ2n) is 4.21. The molecule has 1 aromatic heterocycles. The van der Waals surface area contributed by atoms with Gasteiger partial charge in [-0.2, -0.15) is 0 Å². The molecule has 0 fully saturated rings. The first-order valence-electron chi connectivity index (χ1n) is 6.50. The molecule has 0 atom stereocenters. The van der Waals surface area contributed by atoms with E-state index in [-0.39, 0.29) is 5.97 Å². The lowest BCUT2D eigenvalue weighted by Crippen LogP contribution is -2.05. The minimum atomic E-state index is -0.382. The second-order valence-corrected chi connectivity index (χ2v) is 5.16. The fourth-order valence-electron chi connectivity index (χ4n) is 1.86. The Morgan fingerprint density at radius 2 is 2.00 bits per heavy atom. The van der Waals surface area contributed by atoms with Gasteiger partial charge in [0.15, 0.2) is 17.2 Å². The quantitative estimate of drug-likeness (QED) is 0.768. The van der Waals surface area contributed by atoms with E-state index in [1.807, 2.05) is 18.2 Å². The number of carbonyl (C=O) groups is 1. The highest BCUT2D eigenvalue weighted by atomic mass is 32.1. The van der Waals surface area contributed by atoms with Crippen LogP contribution in [0.15, 0.2) is 23.6 Å². The monoisotopic (exact) mass is 307 g/mol. The number of benzene rings is 1. The SMILES string of the molecule is CCOC(=O)c1csc(Cc2ccc(OC)c(OC)c2)n1. The first-order valence-corrected chi connectivity index (χ1v) is 7.38. The Hall–Kier alpha value is -2.08. The Bertz CT molecular complexity index is 624. The fraction of sp³-hybridized carbons (Fsp3) is 0.333. The minimum absolute atomic E-state index is 0.349. The zero-order chi connectivity index (χ0) is 15.2. The molecule has 0 amide bonds. The van der Waals surface area contributed by atoms with E-state index in [2.05, 4.69) is 4.98 Å². The summed E-state index contributed by atoms with van der Waals surface area (Å²) in [6.45, 7) is 2.12. The van der Waals surface area contributed by atoms with E-state index in [0.29, 0.717) is 30.2 Å². The Kier molecular flexibility index (Phi) is 5.16. The third kappa shape index (κ3) is 3.72. The summed E-state index contributed by atoms with van der Waals surface area (Å²) in [7, 11) is 3.20. The molecule has 0 N–H and O–H groups in total. The van der Waals surface area contributed by atoms with Gasteiger partial charge in [-0.25, -0.2) is 9.78 Å². The lowest BCUT2D eigenvalue weighted by molar-refractivity contribution is 0.0520. The minimum Gasteiger partial charge on any atom is -0.493 e. The van der Waals surface area contributed by atoms with Gasteiger partial charge in [0.05, 0.1) is 25.8 Å². The maximum Gasteiger partial charge on any atom is 0.357 e. The number of hydrogen-bond acceptors (Lipinski definition) is 6. The highest BCUT2D eigenvalue weighted by molar-refractivity contribution is 7.09. The van der Waals surface area contributed by atoms with Crippen molar-refractivity contribution in [3.63, 3.8) is 0 Å². The van der Waals surface area contributed by atoms with Gasteiger partial charge >= 0.3 is 5.97 Å². The van der Waals surface area contributed by atoms with Crippen molar-refractivity contribution in [3.8, 4) is 11.5 Å². The predicted molar refractivity (Wildman–Crippen MR) is 80.4 cm³/mol. The lowest BCUT2D eigenvalue weighted by Gasteiger charge is -2.08. The molecule has 112 valence electrons. The first kappa shape index (κ1) is 15.3. The number of ether oxygens (including phenoxy) is 3. The molecule has 0 aliphatic carbocycles. The van der Waals surface area contributed by atoms with Crippen LogP contribution in [0, 0.1) is 0 Å². The number of aromatic nitrogens is 1. The summed E-state index contributed by atoms with van der Waals surface area (Å²) in [6, 6.07) is 5.71. The van der Waals surface area contributed by atoms with Crippen molar-refractivity contribution in [2.45, 2.75) is 13.3 Å². The van der Waals surface area contributed by atoms with Crippen LogP contribution in [-0.2, 0) is 11.2 Å². The van der Waals surface area contributed by atoms with Crippen molar-refractivity contribution in [1.82, 2.24) is 4.98 Å². The highest BCUT2D eigenvalue weighted by Crippen LogP contribution is 2.28. The Morgan fingerprint density at radius 1 is 1.24 bits per heavy atom. The number of nitrogens with zero attached hydrogens (tertiary/aromatic N) is 1. The molecule has 1 aromatic carbocycles. The zero-order valence-electron chi connectivity index (χ0n) is 12.2. The van der Waals surface area contributed by atoms with Gasteiger partial charge in [0, 0.05) is 11.8 Å². The Morgan fingerprint density at radius 3 is 2.67 bits per heavy atom. The molecule has 0 radical (unpaired) electrons. The molecule has 0 aliphatic rings. The molecule has 5 nitrogen and oxygen atoms in total. The third-order valence-corrected chi connectivity index (χ3v) is 3.69. The van der Waals surface area contributed by atoms with E-state index in [1.54, 1.807) is 26.5 Å². The van der Waals surface area contributed by atoms with Crippen molar-refractivity contribution in [2.75, 3.05) is 20.8 Å². The molecule has 21 heavy (non-hydrogen) atoms. The van der Waals surface area contributed by atoms with Crippen LogP contribution in [0.2, 0.25) is 0 Å². The van der Waals surface area contributed by atoms with Gasteiger partial charge in [0.2, 0.25) is 0 Å². The van der Waals surface area contributed by atoms with E-state index in [1.165, 1.54) is 11.3 Å². The molecule has 0 unspecified atom stereocenters.